The minimum atomic E-state index is -5.09. The van der Waals surface area contributed by atoms with E-state index in [1.807, 2.05) is 20.8 Å². The first kappa shape index (κ1) is 57.7. The van der Waals surface area contributed by atoms with Gasteiger partial charge in [0.1, 0.15) is 36.1 Å². The number of unbranched alkanes of at least 4 members (excludes halogenated alkanes) is 12. The van der Waals surface area contributed by atoms with E-state index in [4.69, 9.17) is 33.5 Å². The van der Waals surface area contributed by atoms with Gasteiger partial charge in [0.25, 0.3) is 5.91 Å². The van der Waals surface area contributed by atoms with Crippen LogP contribution in [-0.2, 0) is 59.8 Å². The standard InChI is InChI=1S/C45H69F3N4O13S/c1-44(2,3)65-41(56)17-15-13-11-9-7-5-4-6-8-10-12-14-16-24-64-35-18-20-36(21-19-35)66(58,59)34-38-51-31-37(42(52-38)45(46,47)48)43(57)50-23-26-61-27-29-62-32-39(53)49-22-25-60-28-30-63-33-40(54)55/h18-21,31H,4-17,22-30,32-34H2,1-3H3,(H,49,53)(H,50,57)(H,54,55). The predicted molar refractivity (Wildman–Crippen MR) is 237 cm³/mol. The van der Waals surface area contributed by atoms with Crippen LogP contribution in [0.5, 0.6) is 5.75 Å². The fourth-order valence-electron chi connectivity index (χ4n) is 6.17. The largest absolute Gasteiger partial charge is 0.494 e. The molecule has 2 rings (SSSR count). The summed E-state index contributed by atoms with van der Waals surface area (Å²) in [6.07, 6.45) is 10.5. The molecule has 0 aliphatic rings. The number of benzene rings is 1. The van der Waals surface area contributed by atoms with E-state index in [1.165, 1.54) is 62.8 Å². The molecular formula is C45H69F3N4O13S. The molecule has 0 saturated carbocycles. The maximum absolute atomic E-state index is 14.0. The molecule has 2 amide bonds. The van der Waals surface area contributed by atoms with Crippen LogP contribution in [0.2, 0.25) is 0 Å². The number of halogens is 3. The number of rotatable bonds is 37. The van der Waals surface area contributed by atoms with Crippen molar-refractivity contribution in [3.05, 3.63) is 47.5 Å². The number of alkyl halides is 3. The molecule has 374 valence electrons. The van der Waals surface area contributed by atoms with Crippen molar-refractivity contribution in [3.63, 3.8) is 0 Å². The Hall–Kier alpha value is -4.44. The average molecular weight is 963 g/mol. The minimum Gasteiger partial charge on any atom is -0.494 e. The molecule has 0 aliphatic carbocycles. The number of ether oxygens (including phenoxy) is 6. The SMILES string of the molecule is CC(C)(C)OC(=O)CCCCCCCCCCCCCCCOc1ccc(S(=O)(=O)Cc2ncc(C(=O)NCCOCCOCC(=O)NCCOCCOCC(=O)O)c(C(F)(F)F)n2)cc1. The highest BCUT2D eigenvalue weighted by atomic mass is 32.2. The van der Waals surface area contributed by atoms with Crippen molar-refractivity contribution in [2.75, 3.05) is 72.6 Å². The lowest BCUT2D eigenvalue weighted by Crippen LogP contribution is -2.32. The third-order valence-electron chi connectivity index (χ3n) is 9.37. The number of amides is 2. The van der Waals surface area contributed by atoms with Gasteiger partial charge in [-0.05, 0) is 57.9 Å². The lowest BCUT2D eigenvalue weighted by atomic mass is 10.0. The van der Waals surface area contributed by atoms with Crippen molar-refractivity contribution in [1.29, 1.82) is 0 Å². The first-order valence-electron chi connectivity index (χ1n) is 22.6. The molecule has 66 heavy (non-hydrogen) atoms. The normalized spacial score (nSPS) is 11.9. The Balaban J connectivity index is 1.60. The van der Waals surface area contributed by atoms with E-state index in [0.717, 1.165) is 44.9 Å². The van der Waals surface area contributed by atoms with Crippen LogP contribution < -0.4 is 15.4 Å². The van der Waals surface area contributed by atoms with Crippen LogP contribution in [0.3, 0.4) is 0 Å². The Morgan fingerprint density at radius 1 is 0.667 bits per heavy atom. The van der Waals surface area contributed by atoms with Crippen LogP contribution in [0.15, 0.2) is 35.4 Å². The van der Waals surface area contributed by atoms with Crippen LogP contribution in [-0.4, -0.2) is 125 Å². The van der Waals surface area contributed by atoms with Gasteiger partial charge in [-0.1, -0.05) is 70.6 Å². The van der Waals surface area contributed by atoms with Gasteiger partial charge >= 0.3 is 18.1 Å². The number of esters is 1. The number of nitrogens with zero attached hydrogens (tertiary/aromatic N) is 2. The number of hydrogen-bond acceptors (Lipinski definition) is 14. The quantitative estimate of drug-likeness (QED) is 0.0476. The van der Waals surface area contributed by atoms with E-state index in [2.05, 4.69) is 20.6 Å². The Labute approximate surface area is 386 Å². The second-order valence-electron chi connectivity index (χ2n) is 16.4. The number of aliphatic carboxylic acids is 1. The lowest BCUT2D eigenvalue weighted by molar-refractivity contribution is -0.155. The first-order valence-corrected chi connectivity index (χ1v) is 24.2. The summed E-state index contributed by atoms with van der Waals surface area (Å²) in [5.41, 5.74) is -2.90. The maximum atomic E-state index is 14.0. The van der Waals surface area contributed by atoms with Crippen LogP contribution in [0.1, 0.15) is 133 Å². The Morgan fingerprint density at radius 3 is 1.73 bits per heavy atom. The molecule has 2 aromatic rings. The summed E-state index contributed by atoms with van der Waals surface area (Å²) >= 11 is 0. The van der Waals surface area contributed by atoms with E-state index in [0.29, 0.717) is 25.0 Å². The number of carboxylic acids is 1. The molecule has 0 aliphatic heterocycles. The van der Waals surface area contributed by atoms with Crippen molar-refractivity contribution >= 4 is 33.6 Å². The highest BCUT2D eigenvalue weighted by Crippen LogP contribution is 2.31. The van der Waals surface area contributed by atoms with Gasteiger partial charge in [-0.2, -0.15) is 13.2 Å². The fraction of sp³-hybridized carbons (Fsp3) is 0.689. The zero-order valence-corrected chi connectivity index (χ0v) is 39.4. The van der Waals surface area contributed by atoms with Gasteiger partial charge in [-0.3, -0.25) is 14.4 Å². The molecule has 0 fully saturated rings. The minimum absolute atomic E-state index is 0.0138. The number of nitrogens with one attached hydrogen (secondary N) is 2. The number of aromatic nitrogens is 2. The van der Waals surface area contributed by atoms with Crippen LogP contribution >= 0.6 is 0 Å². The van der Waals surface area contributed by atoms with Crippen molar-refractivity contribution in [1.82, 2.24) is 20.6 Å². The molecule has 1 heterocycles. The van der Waals surface area contributed by atoms with E-state index in [1.54, 1.807) is 0 Å². The topological polar surface area (TPSA) is 228 Å². The molecule has 1 aromatic carbocycles. The van der Waals surface area contributed by atoms with Gasteiger partial charge < -0.3 is 44.2 Å². The highest BCUT2D eigenvalue weighted by Gasteiger charge is 2.38. The number of hydrogen-bond donors (Lipinski definition) is 3. The highest BCUT2D eigenvalue weighted by molar-refractivity contribution is 7.90. The number of sulfone groups is 1. The summed E-state index contributed by atoms with van der Waals surface area (Å²) in [4.78, 5) is 53.5. The number of carbonyl (C=O) groups is 4. The summed E-state index contributed by atoms with van der Waals surface area (Å²) in [5, 5.41) is 13.3. The zero-order valence-electron chi connectivity index (χ0n) is 38.6. The van der Waals surface area contributed by atoms with Gasteiger partial charge in [0.15, 0.2) is 15.5 Å². The van der Waals surface area contributed by atoms with E-state index < -0.39 is 68.8 Å². The number of carbonyl (C=O) groups excluding carboxylic acids is 3. The van der Waals surface area contributed by atoms with Gasteiger partial charge in [0, 0.05) is 25.7 Å². The smallest absolute Gasteiger partial charge is 0.434 e. The maximum Gasteiger partial charge on any atom is 0.434 e. The Bertz CT molecular complexity index is 1830. The Kier molecular flexibility index (Phi) is 28.2. The lowest BCUT2D eigenvalue weighted by Gasteiger charge is -2.19. The molecule has 0 spiro atoms. The van der Waals surface area contributed by atoms with Gasteiger partial charge in [-0.25, -0.2) is 23.2 Å². The molecule has 0 bridgehead atoms. The van der Waals surface area contributed by atoms with Crippen molar-refractivity contribution < 1.29 is 74.3 Å². The molecular weight excluding hydrogens is 894 g/mol. The molecule has 3 N–H and O–H groups in total. The van der Waals surface area contributed by atoms with Crippen LogP contribution in [0.25, 0.3) is 0 Å². The second-order valence-corrected chi connectivity index (χ2v) is 18.4. The Morgan fingerprint density at radius 2 is 1.18 bits per heavy atom. The second kappa shape index (κ2) is 32.3. The zero-order chi connectivity index (χ0) is 48.7. The van der Waals surface area contributed by atoms with Gasteiger partial charge in [0.05, 0.1) is 56.7 Å². The monoisotopic (exact) mass is 962 g/mol. The van der Waals surface area contributed by atoms with Crippen LogP contribution in [0.4, 0.5) is 13.2 Å². The summed E-state index contributed by atoms with van der Waals surface area (Å²) in [6, 6.07) is 5.58. The summed E-state index contributed by atoms with van der Waals surface area (Å²) < 4.78 is 99.7. The third-order valence-corrected chi connectivity index (χ3v) is 11.0. The molecule has 0 saturated heterocycles. The molecule has 17 nitrogen and oxygen atoms in total. The van der Waals surface area contributed by atoms with E-state index in [9.17, 15) is 40.8 Å². The first-order chi connectivity index (χ1) is 31.4. The van der Waals surface area contributed by atoms with Crippen LogP contribution in [0, 0.1) is 0 Å². The third kappa shape index (κ3) is 27.9. The summed E-state index contributed by atoms with van der Waals surface area (Å²) in [7, 11) is -4.16. The fourth-order valence-corrected chi connectivity index (χ4v) is 7.37. The predicted octanol–water partition coefficient (Wildman–Crippen LogP) is 6.65. The summed E-state index contributed by atoms with van der Waals surface area (Å²) in [6.45, 7) is 5.79. The molecule has 0 unspecified atom stereocenters. The van der Waals surface area contributed by atoms with Crippen molar-refractivity contribution in [2.24, 2.45) is 0 Å². The average Bonchev–Trinajstić information content (AvgIpc) is 3.24. The van der Waals surface area contributed by atoms with Gasteiger partial charge in [0.2, 0.25) is 5.91 Å². The summed E-state index contributed by atoms with van der Waals surface area (Å²) in [5.74, 6) is -3.87. The number of carboxylic acid groups (broad SMARTS) is 1. The van der Waals surface area contributed by atoms with E-state index in [-0.39, 0.29) is 70.2 Å². The molecule has 0 radical (unpaired) electrons. The van der Waals surface area contributed by atoms with Crippen molar-refractivity contribution in [3.8, 4) is 5.75 Å². The molecule has 21 heteroatoms. The molecule has 0 atom stereocenters. The molecule has 1 aromatic heterocycles. The van der Waals surface area contributed by atoms with Gasteiger partial charge in [-0.15, -0.1) is 0 Å². The van der Waals surface area contributed by atoms with Crippen molar-refractivity contribution in [2.45, 2.75) is 133 Å². The van der Waals surface area contributed by atoms with E-state index >= 15 is 0 Å².